The molecule has 2 N–H and O–H groups in total. The van der Waals surface area contributed by atoms with Gasteiger partial charge in [0.25, 0.3) is 0 Å². The lowest BCUT2D eigenvalue weighted by molar-refractivity contribution is 0.342. The molecule has 1 heterocycles. The molecule has 0 aliphatic heterocycles. The van der Waals surface area contributed by atoms with Crippen LogP contribution < -0.4 is 24.8 Å². The zero-order valence-corrected chi connectivity index (χ0v) is 20.1. The summed E-state index contributed by atoms with van der Waals surface area (Å²) in [5.74, 6) is 2.82. The molecule has 0 aliphatic carbocycles. The van der Waals surface area contributed by atoms with Crippen molar-refractivity contribution in [3.8, 4) is 23.1 Å². The highest BCUT2D eigenvalue weighted by molar-refractivity contribution is 14.0. The SMILES string of the molecule is CN=C(NCc1ccccc1)NCc1ccc(Oc2c(OC)cccc2OC)nc1.I. The number of aromatic nitrogens is 1. The maximum Gasteiger partial charge on any atom is 0.219 e. The summed E-state index contributed by atoms with van der Waals surface area (Å²) in [6, 6.07) is 19.4. The van der Waals surface area contributed by atoms with Crippen LogP contribution >= 0.6 is 24.0 Å². The van der Waals surface area contributed by atoms with Crippen molar-refractivity contribution in [2.75, 3.05) is 21.3 Å². The van der Waals surface area contributed by atoms with Gasteiger partial charge in [0.1, 0.15) is 0 Å². The number of hydrogen-bond acceptors (Lipinski definition) is 5. The molecule has 164 valence electrons. The lowest BCUT2D eigenvalue weighted by atomic mass is 10.2. The van der Waals surface area contributed by atoms with E-state index in [1.165, 1.54) is 5.56 Å². The first-order valence-electron chi connectivity index (χ1n) is 9.55. The van der Waals surface area contributed by atoms with Crippen molar-refractivity contribution < 1.29 is 14.2 Å². The van der Waals surface area contributed by atoms with Crippen molar-refractivity contribution in [3.05, 3.63) is 78.0 Å². The van der Waals surface area contributed by atoms with Gasteiger partial charge in [-0.25, -0.2) is 4.98 Å². The van der Waals surface area contributed by atoms with E-state index in [-0.39, 0.29) is 24.0 Å². The average Bonchev–Trinajstić information content (AvgIpc) is 2.81. The number of guanidine groups is 1. The number of ether oxygens (including phenoxy) is 3. The second-order valence-electron chi connectivity index (χ2n) is 6.36. The molecule has 0 unspecified atom stereocenters. The molecule has 1 aromatic heterocycles. The van der Waals surface area contributed by atoms with Gasteiger partial charge in [-0.15, -0.1) is 24.0 Å². The van der Waals surface area contributed by atoms with Crippen molar-refractivity contribution >= 4 is 29.9 Å². The number of aliphatic imine (C=N–C) groups is 1. The van der Waals surface area contributed by atoms with Crippen LogP contribution in [-0.4, -0.2) is 32.2 Å². The summed E-state index contributed by atoms with van der Waals surface area (Å²) in [4.78, 5) is 8.64. The van der Waals surface area contributed by atoms with E-state index in [0.29, 0.717) is 36.2 Å². The third-order valence-corrected chi connectivity index (χ3v) is 4.37. The van der Waals surface area contributed by atoms with Gasteiger partial charge in [0.15, 0.2) is 17.5 Å². The van der Waals surface area contributed by atoms with Crippen molar-refractivity contribution in [2.45, 2.75) is 13.1 Å². The molecule has 31 heavy (non-hydrogen) atoms. The quantitative estimate of drug-likeness (QED) is 0.254. The van der Waals surface area contributed by atoms with Gasteiger partial charge in [0, 0.05) is 32.4 Å². The highest BCUT2D eigenvalue weighted by Crippen LogP contribution is 2.39. The van der Waals surface area contributed by atoms with Crippen LogP contribution in [0.25, 0.3) is 0 Å². The van der Waals surface area contributed by atoms with Crippen LogP contribution in [0.15, 0.2) is 71.9 Å². The predicted octanol–water partition coefficient (Wildman–Crippen LogP) is 4.37. The molecule has 0 saturated carbocycles. The summed E-state index contributed by atoms with van der Waals surface area (Å²) < 4.78 is 16.6. The molecule has 0 spiro atoms. The van der Waals surface area contributed by atoms with E-state index in [4.69, 9.17) is 14.2 Å². The standard InChI is InChI=1S/C23H26N4O3.HI/c1-24-23(26-14-17-8-5-4-6-9-17)27-16-18-12-13-21(25-15-18)30-22-19(28-2)10-7-11-20(22)29-3;/h4-13,15H,14,16H2,1-3H3,(H2,24,26,27);1H. The van der Waals surface area contributed by atoms with Gasteiger partial charge in [-0.05, 0) is 23.3 Å². The number of hydrogen-bond donors (Lipinski definition) is 2. The van der Waals surface area contributed by atoms with Crippen LogP contribution in [0.5, 0.6) is 23.1 Å². The Morgan fingerprint density at radius 3 is 2.03 bits per heavy atom. The van der Waals surface area contributed by atoms with Crippen LogP contribution in [0.2, 0.25) is 0 Å². The first-order valence-corrected chi connectivity index (χ1v) is 9.55. The lowest BCUT2D eigenvalue weighted by Crippen LogP contribution is -2.36. The monoisotopic (exact) mass is 534 g/mol. The Balaban J connectivity index is 0.00000341. The van der Waals surface area contributed by atoms with Crippen LogP contribution in [0.4, 0.5) is 0 Å². The summed E-state index contributed by atoms with van der Waals surface area (Å²) in [6.45, 7) is 1.28. The fraction of sp³-hybridized carbons (Fsp3) is 0.217. The van der Waals surface area contributed by atoms with Crippen LogP contribution in [-0.2, 0) is 13.1 Å². The number of nitrogens with one attached hydrogen (secondary N) is 2. The van der Waals surface area contributed by atoms with E-state index in [1.54, 1.807) is 27.5 Å². The summed E-state index contributed by atoms with van der Waals surface area (Å²) >= 11 is 0. The van der Waals surface area contributed by atoms with Crippen molar-refractivity contribution in [2.24, 2.45) is 4.99 Å². The molecule has 0 amide bonds. The molecule has 3 rings (SSSR count). The number of methoxy groups -OCH3 is 2. The molecule has 2 aromatic carbocycles. The van der Waals surface area contributed by atoms with Gasteiger partial charge >= 0.3 is 0 Å². The molecule has 3 aromatic rings. The Labute approximate surface area is 199 Å². The Kier molecular flexibility index (Phi) is 9.89. The largest absolute Gasteiger partial charge is 0.493 e. The molecule has 8 heteroatoms. The highest BCUT2D eigenvalue weighted by Gasteiger charge is 2.13. The third kappa shape index (κ3) is 7.02. The van der Waals surface area contributed by atoms with Gasteiger partial charge in [0.05, 0.1) is 14.2 Å². The van der Waals surface area contributed by atoms with Crippen molar-refractivity contribution in [1.82, 2.24) is 15.6 Å². The topological polar surface area (TPSA) is 77.0 Å². The molecule has 0 radical (unpaired) electrons. The molecule has 7 nitrogen and oxygen atoms in total. The Bertz CT molecular complexity index is 944. The Morgan fingerprint density at radius 2 is 1.48 bits per heavy atom. The van der Waals surface area contributed by atoms with Gasteiger partial charge in [-0.1, -0.05) is 42.5 Å². The van der Waals surface area contributed by atoms with Crippen LogP contribution in [0.1, 0.15) is 11.1 Å². The normalized spacial score (nSPS) is 10.6. The van der Waals surface area contributed by atoms with E-state index in [0.717, 1.165) is 11.5 Å². The number of halogens is 1. The second kappa shape index (κ2) is 12.6. The second-order valence-corrected chi connectivity index (χ2v) is 6.36. The highest BCUT2D eigenvalue weighted by atomic mass is 127. The number of rotatable bonds is 8. The van der Waals surface area contributed by atoms with Gasteiger partial charge in [-0.2, -0.15) is 0 Å². The van der Waals surface area contributed by atoms with E-state index in [2.05, 4.69) is 32.7 Å². The van der Waals surface area contributed by atoms with Gasteiger partial charge in [0.2, 0.25) is 11.6 Å². The third-order valence-electron chi connectivity index (χ3n) is 4.37. The molecule has 0 saturated heterocycles. The molecule has 0 atom stereocenters. The molecular weight excluding hydrogens is 507 g/mol. The predicted molar refractivity (Wildman–Crippen MR) is 133 cm³/mol. The minimum absolute atomic E-state index is 0. The summed E-state index contributed by atoms with van der Waals surface area (Å²) in [5, 5.41) is 6.57. The number of nitrogens with zero attached hydrogens (tertiary/aromatic N) is 2. The average molecular weight is 534 g/mol. The Hall–Kier alpha value is -3.01. The zero-order valence-electron chi connectivity index (χ0n) is 17.8. The zero-order chi connectivity index (χ0) is 21.2. The summed E-state index contributed by atoms with van der Waals surface area (Å²) in [5.41, 5.74) is 2.19. The molecule has 0 aliphatic rings. The van der Waals surface area contributed by atoms with Gasteiger partial charge in [-0.3, -0.25) is 4.99 Å². The summed E-state index contributed by atoms with van der Waals surface area (Å²) in [7, 11) is 4.92. The lowest BCUT2D eigenvalue weighted by Gasteiger charge is -2.14. The smallest absolute Gasteiger partial charge is 0.219 e. The fourth-order valence-electron chi connectivity index (χ4n) is 2.79. The van der Waals surface area contributed by atoms with E-state index in [9.17, 15) is 0 Å². The molecular formula is C23H27IN4O3. The maximum absolute atomic E-state index is 5.89. The maximum atomic E-state index is 5.89. The number of para-hydroxylation sites is 1. The van der Waals surface area contributed by atoms with E-state index < -0.39 is 0 Å². The number of benzene rings is 2. The van der Waals surface area contributed by atoms with Crippen molar-refractivity contribution in [1.29, 1.82) is 0 Å². The molecule has 0 bridgehead atoms. The Morgan fingerprint density at radius 1 is 0.839 bits per heavy atom. The first kappa shape index (κ1) is 24.3. The summed E-state index contributed by atoms with van der Waals surface area (Å²) in [6.07, 6.45) is 1.76. The van der Waals surface area contributed by atoms with E-state index >= 15 is 0 Å². The van der Waals surface area contributed by atoms with Crippen LogP contribution in [0, 0.1) is 0 Å². The fourth-order valence-corrected chi connectivity index (χ4v) is 2.79. The number of pyridine rings is 1. The molecule has 0 fully saturated rings. The minimum Gasteiger partial charge on any atom is -0.493 e. The minimum atomic E-state index is 0. The van der Waals surface area contributed by atoms with Gasteiger partial charge < -0.3 is 24.8 Å². The first-order chi connectivity index (χ1) is 14.7. The van der Waals surface area contributed by atoms with E-state index in [1.807, 2.05) is 48.5 Å². The van der Waals surface area contributed by atoms with Crippen molar-refractivity contribution in [3.63, 3.8) is 0 Å². The van der Waals surface area contributed by atoms with Crippen LogP contribution in [0.3, 0.4) is 0 Å².